The van der Waals surface area contributed by atoms with Gasteiger partial charge in [0.15, 0.2) is 58.9 Å². The quantitative estimate of drug-likeness (QED) is 0.281. The zero-order valence-electron chi connectivity index (χ0n) is 14.4. The Morgan fingerprint density at radius 2 is 1.31 bits per heavy atom. The Kier molecular flexibility index (Phi) is 5.07. The first-order chi connectivity index (χ1) is 13.9. The number of fused-ring (bicyclic) bond motifs is 2. The van der Waals surface area contributed by atoms with Crippen molar-refractivity contribution in [2.45, 2.75) is 34.3 Å². The molecule has 0 amide bonds. The fraction of sp³-hybridized carbons (Fsp3) is 0. The molecule has 2 unspecified atom stereocenters. The van der Waals surface area contributed by atoms with Crippen molar-refractivity contribution in [3.63, 3.8) is 0 Å². The first-order valence-electron chi connectivity index (χ1n) is 8.23. The van der Waals surface area contributed by atoms with Crippen molar-refractivity contribution in [2.75, 3.05) is 0 Å². The van der Waals surface area contributed by atoms with Crippen molar-refractivity contribution in [2.24, 2.45) is 0 Å². The van der Waals surface area contributed by atoms with Crippen LogP contribution in [0.2, 0.25) is 0 Å². The van der Waals surface area contributed by atoms with Gasteiger partial charge in [-0.25, -0.2) is 12.6 Å². The predicted octanol–water partition coefficient (Wildman–Crippen LogP) is 5.67. The Morgan fingerprint density at radius 1 is 0.724 bits per heavy atom. The van der Waals surface area contributed by atoms with Crippen molar-refractivity contribution in [1.82, 2.24) is 0 Å². The van der Waals surface area contributed by atoms with Crippen LogP contribution >= 0.6 is 47.8 Å². The van der Waals surface area contributed by atoms with Crippen LogP contribution in [0, 0.1) is 0 Å². The van der Waals surface area contributed by atoms with E-state index in [-0.39, 0.29) is 9.79 Å². The topological polar surface area (TPSA) is 71.4 Å². The number of nitrogens with zero attached hydrogens (tertiary/aromatic N) is 1. The molecule has 5 nitrogen and oxygen atoms in total. The fourth-order valence-corrected chi connectivity index (χ4v) is 11.2. The smallest absolute Gasteiger partial charge is 0.206 e. The minimum atomic E-state index is -3.57. The third-order valence-corrected chi connectivity index (χ3v) is 12.7. The molecule has 0 saturated carbocycles. The highest BCUT2D eigenvalue weighted by molar-refractivity contribution is 8.31. The molecule has 0 aromatic heterocycles. The van der Waals surface area contributed by atoms with Gasteiger partial charge in [0.05, 0.1) is 34.3 Å². The second-order valence-corrected chi connectivity index (χ2v) is 15.1. The molecule has 0 radical (unpaired) electrons. The molecule has 0 saturated heterocycles. The van der Waals surface area contributed by atoms with E-state index >= 15 is 0 Å². The normalized spacial score (nSPS) is 21.1. The summed E-state index contributed by atoms with van der Waals surface area (Å²) in [6, 6.07) is 18.9. The van der Waals surface area contributed by atoms with Crippen LogP contribution in [0.25, 0.3) is 0 Å². The highest BCUT2D eigenvalue weighted by Gasteiger charge is 2.51. The van der Waals surface area contributed by atoms with Gasteiger partial charge in [-0.2, -0.15) is 0 Å². The van der Waals surface area contributed by atoms with E-state index in [1.807, 2.05) is 12.1 Å². The summed E-state index contributed by atoms with van der Waals surface area (Å²) in [5.41, 5.74) is 0. The number of quaternary nitrogens is 1. The third kappa shape index (κ3) is 3.57. The summed E-state index contributed by atoms with van der Waals surface area (Å²) in [4.78, 5) is 4.84. The Bertz CT molecular complexity index is 1260. The molecule has 0 fully saturated rings. The van der Waals surface area contributed by atoms with Gasteiger partial charge in [0.1, 0.15) is 0 Å². The molecule has 2 aliphatic rings. The minimum Gasteiger partial charge on any atom is -0.302 e. The molecular weight excluding hydrogens is 487 g/mol. The van der Waals surface area contributed by atoms with Crippen molar-refractivity contribution < 1.29 is 19.3 Å². The Labute approximate surface area is 188 Å². The summed E-state index contributed by atoms with van der Waals surface area (Å²) in [5, 5.41) is 0. The number of rotatable bonds is 3. The molecular formula is C18H12NO4S6+. The molecule has 29 heavy (non-hydrogen) atoms. The SMILES string of the molecule is O=S(O)c1ccc2c(c1)S[N+]1(S2)Sc2ccc(S(=O)(=O)c3ccccc3)cc2S1. The van der Waals surface area contributed by atoms with Gasteiger partial charge in [-0.15, -0.1) is 0 Å². The largest absolute Gasteiger partial charge is 0.302 e. The first kappa shape index (κ1) is 20.0. The molecule has 148 valence electrons. The molecule has 2 aliphatic heterocycles. The van der Waals surface area contributed by atoms with E-state index in [1.54, 1.807) is 102 Å². The number of sulfone groups is 1. The molecule has 2 atom stereocenters. The van der Waals surface area contributed by atoms with E-state index in [2.05, 4.69) is 0 Å². The van der Waals surface area contributed by atoms with E-state index in [4.69, 9.17) is 0 Å². The summed E-state index contributed by atoms with van der Waals surface area (Å²) in [5.74, 6) is 0. The maximum absolute atomic E-state index is 12.9. The zero-order chi connectivity index (χ0) is 20.2. The van der Waals surface area contributed by atoms with Crippen LogP contribution < -0.4 is 0 Å². The average molecular weight is 499 g/mol. The van der Waals surface area contributed by atoms with E-state index in [0.717, 1.165) is 19.6 Å². The number of benzene rings is 3. The van der Waals surface area contributed by atoms with Gasteiger partial charge in [0.25, 0.3) is 0 Å². The van der Waals surface area contributed by atoms with Crippen molar-refractivity contribution in [3.8, 4) is 0 Å². The van der Waals surface area contributed by atoms with Gasteiger partial charge in [-0.05, 0) is 48.5 Å². The highest BCUT2D eigenvalue weighted by atomic mass is 32.3. The maximum Gasteiger partial charge on any atom is 0.206 e. The Balaban J connectivity index is 1.46. The lowest BCUT2D eigenvalue weighted by Crippen LogP contribution is -2.05. The van der Waals surface area contributed by atoms with Crippen molar-refractivity contribution in [3.05, 3.63) is 66.7 Å². The molecule has 11 heteroatoms. The summed E-state index contributed by atoms with van der Waals surface area (Å²) < 4.78 is 47.1. The lowest BCUT2D eigenvalue weighted by molar-refractivity contribution is -0.267. The van der Waals surface area contributed by atoms with Crippen LogP contribution in [0.5, 0.6) is 0 Å². The highest BCUT2D eigenvalue weighted by Crippen LogP contribution is 2.71. The van der Waals surface area contributed by atoms with Crippen LogP contribution in [0.15, 0.2) is 101 Å². The van der Waals surface area contributed by atoms with Gasteiger partial charge in [-0.1, -0.05) is 20.3 Å². The molecule has 3 aromatic carbocycles. The predicted molar refractivity (Wildman–Crippen MR) is 118 cm³/mol. The van der Waals surface area contributed by atoms with Gasteiger partial charge >= 0.3 is 0 Å². The number of hydrogen-bond acceptors (Lipinski definition) is 7. The van der Waals surface area contributed by atoms with Gasteiger partial charge in [0, 0.05) is 0 Å². The zero-order valence-corrected chi connectivity index (χ0v) is 19.3. The van der Waals surface area contributed by atoms with Crippen LogP contribution in [-0.4, -0.2) is 19.3 Å². The van der Waals surface area contributed by atoms with Crippen LogP contribution in [0.1, 0.15) is 0 Å². The lowest BCUT2D eigenvalue weighted by Gasteiger charge is -2.14. The van der Waals surface area contributed by atoms with Crippen LogP contribution in [0.3, 0.4) is 0 Å². The van der Waals surface area contributed by atoms with E-state index in [1.165, 1.54) is 0 Å². The minimum absolute atomic E-state index is 0.278. The van der Waals surface area contributed by atoms with Crippen LogP contribution in [0.4, 0.5) is 0 Å². The number of hydrogen-bond donors (Lipinski definition) is 1. The molecule has 5 rings (SSSR count). The Morgan fingerprint density at radius 3 is 1.97 bits per heavy atom. The molecule has 0 aliphatic carbocycles. The average Bonchev–Trinajstić information content (AvgIpc) is 3.25. The van der Waals surface area contributed by atoms with Crippen LogP contribution in [-0.2, 0) is 20.9 Å². The molecule has 0 bridgehead atoms. The van der Waals surface area contributed by atoms with E-state index in [9.17, 15) is 17.2 Å². The molecule has 1 N–H and O–H groups in total. The van der Waals surface area contributed by atoms with Crippen molar-refractivity contribution in [1.29, 1.82) is 0 Å². The second kappa shape index (κ2) is 7.34. The second-order valence-electron chi connectivity index (χ2n) is 6.10. The lowest BCUT2D eigenvalue weighted by atomic mass is 10.4. The summed E-state index contributed by atoms with van der Waals surface area (Å²) in [6.45, 7) is 0. The Hall–Kier alpha value is -0.920. The summed E-state index contributed by atoms with van der Waals surface area (Å²) in [6.07, 6.45) is 0. The van der Waals surface area contributed by atoms with Gasteiger partial charge in [0.2, 0.25) is 9.84 Å². The monoisotopic (exact) mass is 498 g/mol. The van der Waals surface area contributed by atoms with E-state index < -0.39 is 20.9 Å². The summed E-state index contributed by atoms with van der Waals surface area (Å²) >= 11 is 4.38. The summed E-state index contributed by atoms with van der Waals surface area (Å²) in [7, 11) is -3.57. The van der Waals surface area contributed by atoms with Gasteiger partial charge < -0.3 is 4.55 Å². The molecule has 3 aromatic rings. The molecule has 2 heterocycles. The fourth-order valence-electron chi connectivity index (χ4n) is 2.88. The van der Waals surface area contributed by atoms with Gasteiger partial charge in [-0.3, -0.25) is 0 Å². The van der Waals surface area contributed by atoms with E-state index in [0.29, 0.717) is 7.00 Å². The standard InChI is InChI=1S/C18H11NO4S6/c20-28(21)12-6-8-15-17(10-12)26-19(24-15)25-16-9-7-14(11-18(16)27-19)29(22,23)13-4-2-1-3-5-13/h1-11H/p+1. The molecule has 1 spiro atoms. The first-order valence-corrected chi connectivity index (χ1v) is 13.9. The maximum atomic E-state index is 12.9. The third-order valence-electron chi connectivity index (χ3n) is 4.24. The van der Waals surface area contributed by atoms with Crippen molar-refractivity contribution >= 4 is 68.7 Å².